The molecule has 1 rings (SSSR count). The molecule has 0 fully saturated rings. The van der Waals surface area contributed by atoms with Crippen LogP contribution >= 0.6 is 12.4 Å². The van der Waals surface area contributed by atoms with Gasteiger partial charge in [0.15, 0.2) is 0 Å². The third-order valence-electron chi connectivity index (χ3n) is 2.93. The number of nitrogens with two attached hydrogens (primary N) is 1. The molecule has 0 aromatic heterocycles. The molecule has 0 aliphatic carbocycles. The average Bonchev–Trinajstić information content (AvgIpc) is 2.34. The van der Waals surface area contributed by atoms with Crippen molar-refractivity contribution in [3.8, 4) is 11.5 Å². The molecule has 2 N–H and O–H groups in total. The van der Waals surface area contributed by atoms with Gasteiger partial charge in [-0.3, -0.25) is 0 Å². The molecule has 0 bridgehead atoms. The summed E-state index contributed by atoms with van der Waals surface area (Å²) >= 11 is 0. The lowest BCUT2D eigenvalue weighted by Crippen LogP contribution is -2.13. The number of unbranched alkanes of at least 4 members (excludes halogenated alkanes) is 1. The van der Waals surface area contributed by atoms with Crippen LogP contribution in [0.5, 0.6) is 11.5 Å². The predicted molar refractivity (Wildman–Crippen MR) is 78.0 cm³/mol. The highest BCUT2D eigenvalue weighted by Gasteiger charge is 2.17. The number of rotatable bonds is 6. The first kappa shape index (κ1) is 17.1. The average molecular weight is 274 g/mol. The summed E-state index contributed by atoms with van der Waals surface area (Å²) in [6.45, 7) is 4.18. The van der Waals surface area contributed by atoms with Crippen molar-refractivity contribution in [1.29, 1.82) is 0 Å². The number of benzene rings is 1. The molecule has 1 atom stereocenters. The van der Waals surface area contributed by atoms with Crippen LogP contribution in [0, 0.1) is 6.92 Å². The maximum absolute atomic E-state index is 6.22. The Bertz CT molecular complexity index is 344. The first-order valence-electron chi connectivity index (χ1n) is 6.12. The minimum absolute atomic E-state index is 0. The van der Waals surface area contributed by atoms with E-state index in [2.05, 4.69) is 6.92 Å². The third kappa shape index (κ3) is 4.07. The zero-order chi connectivity index (χ0) is 12.8. The van der Waals surface area contributed by atoms with E-state index >= 15 is 0 Å². The molecule has 0 amide bonds. The van der Waals surface area contributed by atoms with Crippen LogP contribution in [0.3, 0.4) is 0 Å². The minimum Gasteiger partial charge on any atom is -0.496 e. The maximum atomic E-state index is 6.22. The molecule has 1 aromatic rings. The molecular weight excluding hydrogens is 250 g/mol. The number of hydrogen-bond donors (Lipinski definition) is 1. The Morgan fingerprint density at radius 1 is 1.17 bits per heavy atom. The number of ether oxygens (including phenoxy) is 2. The van der Waals surface area contributed by atoms with Crippen LogP contribution in [0.2, 0.25) is 0 Å². The van der Waals surface area contributed by atoms with Gasteiger partial charge in [0.2, 0.25) is 0 Å². The smallest absolute Gasteiger partial charge is 0.127 e. The fourth-order valence-corrected chi connectivity index (χ4v) is 2.00. The van der Waals surface area contributed by atoms with E-state index in [1.807, 2.05) is 19.1 Å². The lowest BCUT2D eigenvalue weighted by molar-refractivity contribution is 0.375. The summed E-state index contributed by atoms with van der Waals surface area (Å²) < 4.78 is 10.8. The molecular formula is C14H24ClNO2. The van der Waals surface area contributed by atoms with Crippen LogP contribution in [0.4, 0.5) is 0 Å². The van der Waals surface area contributed by atoms with Gasteiger partial charge in [0, 0.05) is 6.04 Å². The lowest BCUT2D eigenvalue weighted by atomic mass is 9.98. The second-order valence-corrected chi connectivity index (χ2v) is 4.33. The highest BCUT2D eigenvalue weighted by molar-refractivity contribution is 5.85. The van der Waals surface area contributed by atoms with E-state index in [9.17, 15) is 0 Å². The summed E-state index contributed by atoms with van der Waals surface area (Å²) in [5.74, 6) is 1.65. The van der Waals surface area contributed by atoms with Crippen molar-refractivity contribution >= 4 is 12.4 Å². The summed E-state index contributed by atoms with van der Waals surface area (Å²) in [6.07, 6.45) is 3.21. The maximum Gasteiger partial charge on any atom is 0.127 e. The van der Waals surface area contributed by atoms with Gasteiger partial charge in [-0.2, -0.15) is 0 Å². The van der Waals surface area contributed by atoms with Gasteiger partial charge in [-0.25, -0.2) is 0 Å². The molecule has 0 radical (unpaired) electrons. The van der Waals surface area contributed by atoms with Crippen molar-refractivity contribution in [2.24, 2.45) is 5.73 Å². The first-order valence-corrected chi connectivity index (χ1v) is 6.12. The molecule has 0 aliphatic rings. The van der Waals surface area contributed by atoms with Gasteiger partial charge < -0.3 is 15.2 Å². The van der Waals surface area contributed by atoms with Crippen LogP contribution in [0.25, 0.3) is 0 Å². The summed E-state index contributed by atoms with van der Waals surface area (Å²) in [4.78, 5) is 0. The Balaban J connectivity index is 0.00000289. The normalized spacial score (nSPS) is 11.6. The SMILES string of the molecule is CCCC[C@H](N)c1c(OC)cc(C)cc1OC.Cl. The standard InChI is InChI=1S/C14H23NO2.ClH/c1-5-6-7-11(15)14-12(16-3)8-10(2)9-13(14)17-4;/h8-9,11H,5-7,15H2,1-4H3;1H/t11-;/m0./s1. The molecule has 0 unspecified atom stereocenters. The monoisotopic (exact) mass is 273 g/mol. The number of aryl methyl sites for hydroxylation is 1. The second kappa shape index (κ2) is 8.22. The van der Waals surface area contributed by atoms with Crippen molar-refractivity contribution in [2.45, 2.75) is 39.2 Å². The first-order chi connectivity index (χ1) is 8.13. The van der Waals surface area contributed by atoms with Gasteiger partial charge >= 0.3 is 0 Å². The fraction of sp³-hybridized carbons (Fsp3) is 0.571. The number of hydrogen-bond acceptors (Lipinski definition) is 3. The molecule has 0 aliphatic heterocycles. The molecule has 1 aromatic carbocycles. The number of methoxy groups -OCH3 is 2. The van der Waals surface area contributed by atoms with E-state index in [1.54, 1.807) is 14.2 Å². The van der Waals surface area contributed by atoms with Crippen molar-refractivity contribution in [3.05, 3.63) is 23.3 Å². The minimum atomic E-state index is -0.0274. The van der Waals surface area contributed by atoms with Crippen molar-refractivity contribution in [1.82, 2.24) is 0 Å². The van der Waals surface area contributed by atoms with E-state index in [4.69, 9.17) is 15.2 Å². The van der Waals surface area contributed by atoms with Crippen LogP contribution in [0.1, 0.15) is 43.4 Å². The predicted octanol–water partition coefficient (Wildman–Crippen LogP) is 3.62. The fourth-order valence-electron chi connectivity index (χ4n) is 2.00. The zero-order valence-electron chi connectivity index (χ0n) is 11.7. The molecule has 0 saturated carbocycles. The molecule has 0 heterocycles. The van der Waals surface area contributed by atoms with Crippen LogP contribution in [0.15, 0.2) is 12.1 Å². The van der Waals surface area contributed by atoms with E-state index in [-0.39, 0.29) is 18.4 Å². The van der Waals surface area contributed by atoms with Gasteiger partial charge in [0.05, 0.1) is 19.8 Å². The molecule has 104 valence electrons. The molecule has 18 heavy (non-hydrogen) atoms. The zero-order valence-corrected chi connectivity index (χ0v) is 12.5. The number of halogens is 1. The van der Waals surface area contributed by atoms with Crippen molar-refractivity contribution in [3.63, 3.8) is 0 Å². The van der Waals surface area contributed by atoms with E-state index in [0.717, 1.165) is 41.9 Å². The van der Waals surface area contributed by atoms with Gasteiger partial charge in [0.1, 0.15) is 11.5 Å². The largest absolute Gasteiger partial charge is 0.496 e. The topological polar surface area (TPSA) is 44.5 Å². The van der Waals surface area contributed by atoms with E-state index in [1.165, 1.54) is 0 Å². The lowest BCUT2D eigenvalue weighted by Gasteiger charge is -2.19. The summed E-state index contributed by atoms with van der Waals surface area (Å²) in [6, 6.07) is 3.98. The quantitative estimate of drug-likeness (QED) is 0.861. The summed E-state index contributed by atoms with van der Waals surface area (Å²) in [5, 5.41) is 0. The van der Waals surface area contributed by atoms with Gasteiger partial charge in [0.25, 0.3) is 0 Å². The van der Waals surface area contributed by atoms with Crippen molar-refractivity contribution < 1.29 is 9.47 Å². The Kier molecular flexibility index (Phi) is 7.80. The Morgan fingerprint density at radius 2 is 1.67 bits per heavy atom. The highest BCUT2D eigenvalue weighted by atomic mass is 35.5. The Hall–Kier alpha value is -0.930. The molecule has 3 nitrogen and oxygen atoms in total. The highest BCUT2D eigenvalue weighted by Crippen LogP contribution is 2.36. The van der Waals surface area contributed by atoms with Gasteiger partial charge in [-0.15, -0.1) is 12.4 Å². The van der Waals surface area contributed by atoms with Crippen LogP contribution < -0.4 is 15.2 Å². The van der Waals surface area contributed by atoms with Crippen LogP contribution in [-0.4, -0.2) is 14.2 Å². The Morgan fingerprint density at radius 3 is 2.06 bits per heavy atom. The van der Waals surface area contributed by atoms with Gasteiger partial charge in [-0.05, 0) is 31.0 Å². The molecule has 0 spiro atoms. The van der Waals surface area contributed by atoms with E-state index < -0.39 is 0 Å². The van der Waals surface area contributed by atoms with Gasteiger partial charge in [-0.1, -0.05) is 19.8 Å². The second-order valence-electron chi connectivity index (χ2n) is 4.33. The molecule has 4 heteroatoms. The van der Waals surface area contributed by atoms with Crippen molar-refractivity contribution in [2.75, 3.05) is 14.2 Å². The van der Waals surface area contributed by atoms with Crippen LogP contribution in [-0.2, 0) is 0 Å². The van der Waals surface area contributed by atoms with E-state index in [0.29, 0.717) is 0 Å². The summed E-state index contributed by atoms with van der Waals surface area (Å²) in [5.41, 5.74) is 8.32. The Labute approximate surface area is 116 Å². The summed E-state index contributed by atoms with van der Waals surface area (Å²) in [7, 11) is 3.34. The molecule has 0 saturated heterocycles. The third-order valence-corrected chi connectivity index (χ3v) is 2.93.